The molecular formula is C21H21BrN6O3. The minimum absolute atomic E-state index is 0.401. The number of fused-ring (bicyclic) bond motifs is 1. The van der Waals surface area contributed by atoms with Crippen molar-refractivity contribution in [1.29, 1.82) is 0 Å². The summed E-state index contributed by atoms with van der Waals surface area (Å²) in [6.07, 6.45) is 0.501. The zero-order chi connectivity index (χ0) is 22.0. The Kier molecular flexibility index (Phi) is 5.90. The topological polar surface area (TPSA) is 121 Å². The molecule has 9 nitrogen and oxygen atoms in total. The maximum absolute atomic E-state index is 6.29. The summed E-state index contributed by atoms with van der Waals surface area (Å²) in [5.74, 6) is 2.19. The van der Waals surface area contributed by atoms with Crippen LogP contribution in [0.3, 0.4) is 0 Å². The number of hydrogen-bond donors (Lipinski definition) is 2. The van der Waals surface area contributed by atoms with Gasteiger partial charge in [0.2, 0.25) is 5.65 Å². The molecule has 0 spiro atoms. The van der Waals surface area contributed by atoms with Crippen molar-refractivity contribution in [2.75, 3.05) is 25.3 Å². The van der Waals surface area contributed by atoms with Gasteiger partial charge < -0.3 is 20.5 Å². The summed E-state index contributed by atoms with van der Waals surface area (Å²) in [5.41, 5.74) is 11.1. The van der Waals surface area contributed by atoms with Crippen LogP contribution in [-0.2, 0) is 13.0 Å². The lowest BCUT2D eigenvalue weighted by Gasteiger charge is -2.14. The van der Waals surface area contributed by atoms with Gasteiger partial charge in [-0.3, -0.25) is 0 Å². The highest BCUT2D eigenvalue weighted by atomic mass is 79.9. The summed E-state index contributed by atoms with van der Waals surface area (Å²) >= 11 is 3.56. The first-order valence-electron chi connectivity index (χ1n) is 9.47. The molecule has 160 valence electrons. The molecule has 10 heteroatoms. The molecule has 4 aromatic rings. The SMILES string of the molecule is COc1ccc(CNc2nc(Cc3c(C)nc4nonc4c3N)ccc2Br)c(OC)c1. The number of methoxy groups -OCH3 is 2. The third-order valence-electron chi connectivity index (χ3n) is 4.96. The fourth-order valence-electron chi connectivity index (χ4n) is 3.28. The summed E-state index contributed by atoms with van der Waals surface area (Å²) in [6, 6.07) is 9.59. The van der Waals surface area contributed by atoms with Gasteiger partial charge in [0.15, 0.2) is 5.52 Å². The van der Waals surface area contributed by atoms with Crippen molar-refractivity contribution in [3.8, 4) is 11.5 Å². The third-order valence-corrected chi connectivity index (χ3v) is 5.60. The highest BCUT2D eigenvalue weighted by Crippen LogP contribution is 2.29. The Morgan fingerprint density at radius 1 is 1.10 bits per heavy atom. The van der Waals surface area contributed by atoms with Crippen molar-refractivity contribution in [3.63, 3.8) is 0 Å². The van der Waals surface area contributed by atoms with Crippen molar-refractivity contribution in [1.82, 2.24) is 20.3 Å². The zero-order valence-electron chi connectivity index (χ0n) is 17.3. The van der Waals surface area contributed by atoms with Crippen molar-refractivity contribution in [2.24, 2.45) is 0 Å². The van der Waals surface area contributed by atoms with Crippen LogP contribution in [0.15, 0.2) is 39.4 Å². The Balaban J connectivity index is 1.57. The van der Waals surface area contributed by atoms with E-state index in [9.17, 15) is 0 Å². The fourth-order valence-corrected chi connectivity index (χ4v) is 3.64. The number of ether oxygens (including phenoxy) is 2. The van der Waals surface area contributed by atoms with Gasteiger partial charge in [0.1, 0.15) is 17.3 Å². The van der Waals surface area contributed by atoms with E-state index in [1.807, 2.05) is 37.3 Å². The third kappa shape index (κ3) is 4.24. The van der Waals surface area contributed by atoms with E-state index in [0.717, 1.165) is 38.5 Å². The van der Waals surface area contributed by atoms with Crippen LogP contribution >= 0.6 is 15.9 Å². The molecule has 0 bridgehead atoms. The number of pyridine rings is 2. The summed E-state index contributed by atoms with van der Waals surface area (Å²) in [4.78, 5) is 9.17. The van der Waals surface area contributed by atoms with E-state index >= 15 is 0 Å². The van der Waals surface area contributed by atoms with Gasteiger partial charge in [0.25, 0.3) is 0 Å². The van der Waals surface area contributed by atoms with Crippen LogP contribution in [0, 0.1) is 6.92 Å². The first-order valence-corrected chi connectivity index (χ1v) is 10.3. The van der Waals surface area contributed by atoms with Crippen molar-refractivity contribution < 1.29 is 14.1 Å². The summed E-state index contributed by atoms with van der Waals surface area (Å²) in [6.45, 7) is 2.41. The van der Waals surface area contributed by atoms with Crippen LogP contribution in [0.25, 0.3) is 11.2 Å². The van der Waals surface area contributed by atoms with Gasteiger partial charge >= 0.3 is 0 Å². The molecule has 3 heterocycles. The maximum Gasteiger partial charge on any atom is 0.226 e. The maximum atomic E-state index is 6.29. The average molecular weight is 485 g/mol. The van der Waals surface area contributed by atoms with E-state index in [4.69, 9.17) is 24.8 Å². The Morgan fingerprint density at radius 2 is 1.94 bits per heavy atom. The molecule has 0 amide bonds. The van der Waals surface area contributed by atoms with Crippen molar-refractivity contribution in [3.05, 3.63) is 57.3 Å². The van der Waals surface area contributed by atoms with Crippen molar-refractivity contribution in [2.45, 2.75) is 19.9 Å². The van der Waals surface area contributed by atoms with E-state index in [1.165, 1.54) is 0 Å². The van der Waals surface area contributed by atoms with Gasteiger partial charge in [0.05, 0.1) is 24.4 Å². The van der Waals surface area contributed by atoms with E-state index in [-0.39, 0.29) is 0 Å². The van der Waals surface area contributed by atoms with E-state index in [0.29, 0.717) is 35.6 Å². The Hall–Kier alpha value is -3.40. The van der Waals surface area contributed by atoms with Gasteiger partial charge in [0, 0.05) is 41.5 Å². The molecule has 31 heavy (non-hydrogen) atoms. The number of nitrogens with two attached hydrogens (primary N) is 1. The molecule has 0 saturated heterocycles. The molecule has 3 aromatic heterocycles. The second-order valence-corrected chi connectivity index (χ2v) is 7.72. The molecule has 0 radical (unpaired) electrons. The number of nitrogens with one attached hydrogen (secondary N) is 1. The van der Waals surface area contributed by atoms with Gasteiger partial charge in [-0.1, -0.05) is 0 Å². The number of aromatic nitrogens is 4. The average Bonchev–Trinajstić information content (AvgIpc) is 3.25. The summed E-state index contributed by atoms with van der Waals surface area (Å²) in [7, 11) is 3.26. The van der Waals surface area contributed by atoms with Crippen LogP contribution in [-0.4, -0.2) is 34.5 Å². The standard InChI is InChI=1S/C21H21BrN6O3/c1-11-15(18(23)19-21(25-11)28-31-27-19)8-13-5-7-16(22)20(26-13)24-10-12-4-6-14(29-2)9-17(12)30-3/h4-7,9H,8,10,23H2,1-3H3,(H,24,26). The molecule has 0 unspecified atom stereocenters. The lowest BCUT2D eigenvalue weighted by Crippen LogP contribution is -2.07. The quantitative estimate of drug-likeness (QED) is 0.402. The molecule has 1 aromatic carbocycles. The molecule has 0 aliphatic heterocycles. The second-order valence-electron chi connectivity index (χ2n) is 6.87. The first kappa shape index (κ1) is 20.9. The number of nitrogen functional groups attached to an aromatic ring is 1. The zero-order valence-corrected chi connectivity index (χ0v) is 18.9. The number of anilines is 2. The number of nitrogens with zero attached hydrogens (tertiary/aromatic N) is 4. The highest BCUT2D eigenvalue weighted by Gasteiger charge is 2.16. The minimum Gasteiger partial charge on any atom is -0.497 e. The lowest BCUT2D eigenvalue weighted by molar-refractivity contribution is 0.315. The molecule has 0 aliphatic rings. The van der Waals surface area contributed by atoms with Crippen LogP contribution < -0.4 is 20.5 Å². The van der Waals surface area contributed by atoms with E-state index in [1.54, 1.807) is 14.2 Å². The highest BCUT2D eigenvalue weighted by molar-refractivity contribution is 9.10. The summed E-state index contributed by atoms with van der Waals surface area (Å²) in [5, 5.41) is 11.0. The van der Waals surface area contributed by atoms with Crippen LogP contribution in [0.5, 0.6) is 11.5 Å². The van der Waals surface area contributed by atoms with Crippen LogP contribution in [0.1, 0.15) is 22.5 Å². The number of aryl methyl sites for hydroxylation is 1. The van der Waals surface area contributed by atoms with E-state index in [2.05, 4.69) is 36.5 Å². The Morgan fingerprint density at radius 3 is 2.71 bits per heavy atom. The first-order chi connectivity index (χ1) is 15.0. The molecule has 0 fully saturated rings. The predicted molar refractivity (Wildman–Crippen MR) is 120 cm³/mol. The fraction of sp³-hybridized carbons (Fsp3) is 0.238. The lowest BCUT2D eigenvalue weighted by atomic mass is 10.1. The largest absolute Gasteiger partial charge is 0.497 e. The van der Waals surface area contributed by atoms with Crippen LogP contribution in [0.2, 0.25) is 0 Å². The van der Waals surface area contributed by atoms with Gasteiger partial charge in [-0.05, 0) is 57.4 Å². The van der Waals surface area contributed by atoms with Crippen molar-refractivity contribution >= 4 is 38.6 Å². The second kappa shape index (κ2) is 8.76. The number of hydrogen-bond acceptors (Lipinski definition) is 9. The summed E-state index contributed by atoms with van der Waals surface area (Å²) < 4.78 is 16.3. The monoisotopic (exact) mass is 484 g/mol. The predicted octanol–water partition coefficient (Wildman–Crippen LogP) is 3.89. The molecule has 0 atom stereocenters. The van der Waals surface area contributed by atoms with E-state index < -0.39 is 0 Å². The number of rotatable bonds is 7. The molecule has 4 rings (SSSR count). The Labute approximate surface area is 187 Å². The molecule has 0 aliphatic carbocycles. The van der Waals surface area contributed by atoms with Gasteiger partial charge in [-0.25, -0.2) is 14.6 Å². The number of benzene rings is 1. The molecule has 0 saturated carbocycles. The molecular weight excluding hydrogens is 464 g/mol. The smallest absolute Gasteiger partial charge is 0.226 e. The minimum atomic E-state index is 0.401. The molecule has 3 N–H and O–H groups in total. The van der Waals surface area contributed by atoms with Crippen LogP contribution in [0.4, 0.5) is 11.5 Å². The van der Waals surface area contributed by atoms with Gasteiger partial charge in [-0.2, -0.15) is 0 Å². The van der Waals surface area contributed by atoms with Gasteiger partial charge in [-0.15, -0.1) is 0 Å². The number of halogens is 1. The normalized spacial score (nSPS) is 11.0. The Bertz CT molecular complexity index is 1240.